The molecule has 24 heavy (non-hydrogen) atoms. The van der Waals surface area contributed by atoms with Gasteiger partial charge in [0.25, 0.3) is 0 Å². The highest BCUT2D eigenvalue weighted by Crippen LogP contribution is 2.39. The number of guanidine groups is 1. The first-order valence-electron chi connectivity index (χ1n) is 7.89. The average molecular weight is 331 g/mol. The molecule has 6 heteroatoms. The van der Waals surface area contributed by atoms with Crippen molar-refractivity contribution in [3.63, 3.8) is 0 Å². The van der Waals surface area contributed by atoms with Gasteiger partial charge in [0.15, 0.2) is 0 Å². The molecule has 3 nitrogen and oxygen atoms in total. The van der Waals surface area contributed by atoms with Crippen LogP contribution in [-0.4, -0.2) is 19.0 Å². The molecule has 0 unspecified atom stereocenters. The summed E-state index contributed by atoms with van der Waals surface area (Å²) in [6.45, 7) is 2.20. The number of nitrogens with zero attached hydrogens (tertiary/aromatic N) is 3. The Hall–Kier alpha value is -2.50. The van der Waals surface area contributed by atoms with Gasteiger partial charge in [-0.15, -0.1) is 0 Å². The second-order valence-electron chi connectivity index (χ2n) is 5.96. The van der Waals surface area contributed by atoms with Crippen molar-refractivity contribution in [3.8, 4) is 0 Å². The Morgan fingerprint density at radius 1 is 0.958 bits per heavy atom. The molecule has 2 aliphatic heterocycles. The molecule has 0 radical (unpaired) electrons. The van der Waals surface area contributed by atoms with E-state index in [0.29, 0.717) is 6.54 Å². The van der Waals surface area contributed by atoms with E-state index in [2.05, 4.69) is 20.9 Å². The zero-order valence-corrected chi connectivity index (χ0v) is 12.9. The van der Waals surface area contributed by atoms with Crippen molar-refractivity contribution in [2.75, 3.05) is 22.9 Å². The summed E-state index contributed by atoms with van der Waals surface area (Å²) in [5, 5.41) is 0. The Balaban J connectivity index is 1.65. The first kappa shape index (κ1) is 15.1. The van der Waals surface area contributed by atoms with Gasteiger partial charge in [0, 0.05) is 13.1 Å². The number of para-hydroxylation sites is 2. The number of alkyl halides is 3. The van der Waals surface area contributed by atoms with E-state index < -0.39 is 11.7 Å². The van der Waals surface area contributed by atoms with Crippen molar-refractivity contribution in [3.05, 3.63) is 59.7 Å². The highest BCUT2D eigenvalue weighted by atomic mass is 19.4. The van der Waals surface area contributed by atoms with Gasteiger partial charge in [0.2, 0.25) is 5.96 Å². The van der Waals surface area contributed by atoms with Crippen molar-refractivity contribution in [1.82, 2.24) is 0 Å². The number of benzene rings is 2. The number of hydrogen-bond donors (Lipinski definition) is 0. The number of halogens is 3. The quantitative estimate of drug-likeness (QED) is 0.817. The summed E-state index contributed by atoms with van der Waals surface area (Å²) >= 11 is 0. The molecule has 0 bridgehead atoms. The predicted octanol–water partition coefficient (Wildman–Crippen LogP) is 4.29. The maximum absolute atomic E-state index is 12.7. The summed E-state index contributed by atoms with van der Waals surface area (Å²) in [6.07, 6.45) is -3.30. The lowest BCUT2D eigenvalue weighted by atomic mass is 10.1. The van der Waals surface area contributed by atoms with Crippen molar-refractivity contribution >= 4 is 17.3 Å². The van der Waals surface area contributed by atoms with Gasteiger partial charge in [-0.3, -0.25) is 4.99 Å². The van der Waals surface area contributed by atoms with E-state index in [1.165, 1.54) is 12.1 Å². The van der Waals surface area contributed by atoms with Gasteiger partial charge in [-0.1, -0.05) is 24.3 Å². The van der Waals surface area contributed by atoms with Gasteiger partial charge < -0.3 is 9.80 Å². The van der Waals surface area contributed by atoms with Crippen molar-refractivity contribution < 1.29 is 13.2 Å². The van der Waals surface area contributed by atoms with Crippen LogP contribution in [0, 0.1) is 0 Å². The van der Waals surface area contributed by atoms with Gasteiger partial charge >= 0.3 is 6.18 Å². The molecule has 0 fully saturated rings. The smallest absolute Gasteiger partial charge is 0.310 e. The molecule has 0 saturated heterocycles. The van der Waals surface area contributed by atoms with Gasteiger partial charge in [-0.2, -0.15) is 13.2 Å². The van der Waals surface area contributed by atoms with E-state index in [9.17, 15) is 13.2 Å². The summed E-state index contributed by atoms with van der Waals surface area (Å²) in [6, 6.07) is 13.4. The highest BCUT2D eigenvalue weighted by molar-refractivity contribution is 6.16. The molecule has 0 aromatic heterocycles. The minimum Gasteiger partial charge on any atom is -0.310 e. The molecule has 0 aliphatic carbocycles. The molecule has 124 valence electrons. The fraction of sp³-hybridized carbons (Fsp3) is 0.278. The third-order valence-corrected chi connectivity index (χ3v) is 4.36. The van der Waals surface area contributed by atoms with E-state index in [4.69, 9.17) is 0 Å². The molecule has 0 spiro atoms. The van der Waals surface area contributed by atoms with Crippen LogP contribution in [0.15, 0.2) is 53.5 Å². The maximum atomic E-state index is 12.7. The molecule has 4 rings (SSSR count). The van der Waals surface area contributed by atoms with Crippen LogP contribution >= 0.6 is 0 Å². The summed E-state index contributed by atoms with van der Waals surface area (Å²) in [5.41, 5.74) is 2.37. The number of aliphatic imine (C=N–C) groups is 1. The summed E-state index contributed by atoms with van der Waals surface area (Å²) < 4.78 is 38.1. The normalized spacial score (nSPS) is 16.7. The van der Waals surface area contributed by atoms with Crippen molar-refractivity contribution in [2.24, 2.45) is 4.99 Å². The van der Waals surface area contributed by atoms with E-state index >= 15 is 0 Å². The number of anilines is 2. The second kappa shape index (κ2) is 5.54. The van der Waals surface area contributed by atoms with Gasteiger partial charge in [0.05, 0.1) is 23.5 Å². The van der Waals surface area contributed by atoms with Gasteiger partial charge in [-0.05, 0) is 36.2 Å². The molecular weight excluding hydrogens is 315 g/mol. The van der Waals surface area contributed by atoms with Crippen molar-refractivity contribution in [2.45, 2.75) is 19.1 Å². The van der Waals surface area contributed by atoms with Crippen LogP contribution in [0.3, 0.4) is 0 Å². The Bertz CT molecular complexity index is 781. The van der Waals surface area contributed by atoms with E-state index in [1.807, 2.05) is 18.2 Å². The van der Waals surface area contributed by atoms with Crippen LogP contribution in [0.25, 0.3) is 0 Å². The van der Waals surface area contributed by atoms with Crippen LogP contribution in [0.2, 0.25) is 0 Å². The molecule has 0 atom stereocenters. The topological polar surface area (TPSA) is 18.8 Å². The summed E-state index contributed by atoms with van der Waals surface area (Å²) in [4.78, 5) is 8.89. The summed E-state index contributed by atoms with van der Waals surface area (Å²) in [5.74, 6) is 0.891. The van der Waals surface area contributed by atoms with Gasteiger partial charge in [0.1, 0.15) is 0 Å². The molecule has 0 N–H and O–H groups in total. The monoisotopic (exact) mass is 331 g/mol. The standard InChI is InChI=1S/C18H16F3N3/c19-18(20,21)14-8-6-13(7-9-14)12-24-16-5-2-1-4-15(16)23-11-3-10-22-17(23)24/h1-2,4-9H,3,10-12H2. The number of fused-ring (bicyclic) bond motifs is 3. The van der Waals surface area contributed by atoms with Crippen LogP contribution in [-0.2, 0) is 12.7 Å². The SMILES string of the molecule is FC(F)(F)c1ccc(CN2C3=NCCCN3c3ccccc32)cc1. The lowest BCUT2D eigenvalue weighted by molar-refractivity contribution is -0.137. The predicted molar refractivity (Wildman–Crippen MR) is 88.3 cm³/mol. The largest absolute Gasteiger partial charge is 0.416 e. The first-order chi connectivity index (χ1) is 11.5. The van der Waals surface area contributed by atoms with Crippen molar-refractivity contribution in [1.29, 1.82) is 0 Å². The molecule has 2 heterocycles. The first-order valence-corrected chi connectivity index (χ1v) is 7.89. The molecule has 2 aliphatic rings. The molecule has 0 amide bonds. The maximum Gasteiger partial charge on any atom is 0.416 e. The molecule has 2 aromatic carbocycles. The fourth-order valence-corrected chi connectivity index (χ4v) is 3.22. The molecule has 2 aromatic rings. The van der Waals surface area contributed by atoms with E-state index in [1.54, 1.807) is 0 Å². The van der Waals surface area contributed by atoms with Crippen LogP contribution in [0.5, 0.6) is 0 Å². The average Bonchev–Trinajstić information content (AvgIpc) is 2.89. The van der Waals surface area contributed by atoms with Gasteiger partial charge in [-0.25, -0.2) is 0 Å². The van der Waals surface area contributed by atoms with Crippen LogP contribution < -0.4 is 9.80 Å². The Morgan fingerprint density at radius 3 is 2.38 bits per heavy atom. The Kier molecular flexibility index (Phi) is 3.48. The van der Waals surface area contributed by atoms with E-state index in [0.717, 1.165) is 54.5 Å². The zero-order valence-electron chi connectivity index (χ0n) is 12.9. The Morgan fingerprint density at radius 2 is 1.67 bits per heavy atom. The minimum absolute atomic E-state index is 0.504. The second-order valence-corrected chi connectivity index (χ2v) is 5.96. The van der Waals surface area contributed by atoms with E-state index in [-0.39, 0.29) is 0 Å². The summed E-state index contributed by atoms with van der Waals surface area (Å²) in [7, 11) is 0. The minimum atomic E-state index is -4.30. The van der Waals surface area contributed by atoms with Crippen LogP contribution in [0.1, 0.15) is 17.5 Å². The lowest BCUT2D eigenvalue weighted by Crippen LogP contribution is -2.41. The molecular formula is C18H16F3N3. The third kappa shape index (κ3) is 2.52. The fourth-order valence-electron chi connectivity index (χ4n) is 3.22. The van der Waals surface area contributed by atoms with Crippen LogP contribution in [0.4, 0.5) is 24.5 Å². The number of rotatable bonds is 2. The molecule has 0 saturated carbocycles. The highest BCUT2D eigenvalue weighted by Gasteiger charge is 2.34. The lowest BCUT2D eigenvalue weighted by Gasteiger charge is -2.27. The Labute approximate surface area is 138 Å². The zero-order chi connectivity index (χ0) is 16.7. The number of hydrogen-bond acceptors (Lipinski definition) is 3. The third-order valence-electron chi connectivity index (χ3n) is 4.36.